The summed E-state index contributed by atoms with van der Waals surface area (Å²) in [5, 5.41) is 4.27. The third-order valence-corrected chi connectivity index (χ3v) is 5.51. The molecule has 2 N–H and O–H groups in total. The van der Waals surface area contributed by atoms with Crippen LogP contribution in [0.2, 0.25) is 0 Å². The van der Waals surface area contributed by atoms with E-state index in [1.807, 2.05) is 21.8 Å². The summed E-state index contributed by atoms with van der Waals surface area (Å²) in [5.74, 6) is 0.659. The number of hydrogen-bond donors (Lipinski definition) is 1. The van der Waals surface area contributed by atoms with E-state index in [-0.39, 0.29) is 23.8 Å². The van der Waals surface area contributed by atoms with E-state index in [0.29, 0.717) is 19.0 Å². The van der Waals surface area contributed by atoms with Gasteiger partial charge in [-0.1, -0.05) is 0 Å². The second kappa shape index (κ2) is 7.99. The lowest BCUT2D eigenvalue weighted by atomic mass is 9.94. The smallest absolute Gasteiger partial charge is 0.227 e. The predicted molar refractivity (Wildman–Crippen MR) is 94.5 cm³/mol. The second-order valence-electron chi connectivity index (χ2n) is 7.46. The summed E-state index contributed by atoms with van der Waals surface area (Å²) in [4.78, 5) is 28.4. The molecule has 7 nitrogen and oxygen atoms in total. The van der Waals surface area contributed by atoms with Gasteiger partial charge in [-0.05, 0) is 37.7 Å². The van der Waals surface area contributed by atoms with Gasteiger partial charge in [-0.3, -0.25) is 14.3 Å². The summed E-state index contributed by atoms with van der Waals surface area (Å²) in [6.45, 7) is 5.15. The Morgan fingerprint density at radius 1 is 1.12 bits per heavy atom. The number of aromatic nitrogens is 2. The maximum Gasteiger partial charge on any atom is 0.227 e. The molecule has 25 heavy (non-hydrogen) atoms. The van der Waals surface area contributed by atoms with E-state index >= 15 is 0 Å². The van der Waals surface area contributed by atoms with Crippen LogP contribution in [0.5, 0.6) is 0 Å². The van der Waals surface area contributed by atoms with Crippen LogP contribution < -0.4 is 5.73 Å². The van der Waals surface area contributed by atoms with E-state index in [9.17, 15) is 9.59 Å². The molecule has 1 aromatic heterocycles. The summed E-state index contributed by atoms with van der Waals surface area (Å²) in [7, 11) is 0. The Morgan fingerprint density at radius 3 is 2.52 bits per heavy atom. The standard InChI is InChI=1S/C18H29N5O2/c1-14(24)22-12-16(3-4-17(19)13-22)18(25)21-9-5-15(6-10-21)11-23-8-2-7-20-23/h2,7-8,15-17H,3-6,9-13,19H2,1H3/t16-,17+/m1/s1. The first-order valence-electron chi connectivity index (χ1n) is 9.30. The molecule has 2 aliphatic rings. The van der Waals surface area contributed by atoms with Crippen LogP contribution in [0.25, 0.3) is 0 Å². The van der Waals surface area contributed by atoms with Gasteiger partial charge >= 0.3 is 0 Å². The van der Waals surface area contributed by atoms with Crippen molar-refractivity contribution < 1.29 is 9.59 Å². The summed E-state index contributed by atoms with van der Waals surface area (Å²) in [6.07, 6.45) is 7.38. The van der Waals surface area contributed by atoms with Gasteiger partial charge < -0.3 is 15.5 Å². The molecule has 0 unspecified atom stereocenters. The Kier molecular flexibility index (Phi) is 5.73. The van der Waals surface area contributed by atoms with Crippen LogP contribution in [0.4, 0.5) is 0 Å². The highest BCUT2D eigenvalue weighted by Gasteiger charge is 2.32. The Morgan fingerprint density at radius 2 is 1.88 bits per heavy atom. The topological polar surface area (TPSA) is 84.5 Å². The van der Waals surface area contributed by atoms with Crippen molar-refractivity contribution in [2.45, 2.75) is 45.2 Å². The average molecular weight is 347 g/mol. The molecule has 2 atom stereocenters. The fraction of sp³-hybridized carbons (Fsp3) is 0.722. The van der Waals surface area contributed by atoms with Gasteiger partial charge in [-0.15, -0.1) is 0 Å². The van der Waals surface area contributed by atoms with Crippen LogP contribution in [0, 0.1) is 11.8 Å². The third-order valence-electron chi connectivity index (χ3n) is 5.51. The van der Waals surface area contributed by atoms with Crippen molar-refractivity contribution in [2.75, 3.05) is 26.2 Å². The molecule has 2 fully saturated rings. The van der Waals surface area contributed by atoms with Gasteiger partial charge in [0, 0.05) is 58.1 Å². The molecular formula is C18H29N5O2. The zero-order valence-electron chi connectivity index (χ0n) is 15.0. The zero-order chi connectivity index (χ0) is 17.8. The molecule has 0 radical (unpaired) electrons. The molecule has 0 bridgehead atoms. The van der Waals surface area contributed by atoms with Gasteiger partial charge in [0.2, 0.25) is 11.8 Å². The highest BCUT2D eigenvalue weighted by atomic mass is 16.2. The fourth-order valence-electron chi connectivity index (χ4n) is 3.95. The fourth-order valence-corrected chi connectivity index (χ4v) is 3.95. The van der Waals surface area contributed by atoms with Crippen LogP contribution in [0.1, 0.15) is 32.6 Å². The first-order valence-corrected chi connectivity index (χ1v) is 9.30. The van der Waals surface area contributed by atoms with Crippen molar-refractivity contribution in [3.05, 3.63) is 18.5 Å². The molecule has 2 amide bonds. The van der Waals surface area contributed by atoms with E-state index in [0.717, 1.165) is 45.3 Å². The largest absolute Gasteiger partial charge is 0.342 e. The van der Waals surface area contributed by atoms with Gasteiger partial charge in [0.1, 0.15) is 0 Å². The lowest BCUT2D eigenvalue weighted by molar-refractivity contribution is -0.139. The Balaban J connectivity index is 1.53. The molecule has 3 heterocycles. The number of carbonyl (C=O) groups excluding carboxylic acids is 2. The van der Waals surface area contributed by atoms with Gasteiger partial charge in [-0.25, -0.2) is 0 Å². The maximum absolute atomic E-state index is 12.9. The first-order chi connectivity index (χ1) is 12.0. The number of hydrogen-bond acceptors (Lipinski definition) is 4. The summed E-state index contributed by atoms with van der Waals surface area (Å²) >= 11 is 0. The van der Waals surface area contributed by atoms with Crippen LogP contribution in [0.15, 0.2) is 18.5 Å². The summed E-state index contributed by atoms with van der Waals surface area (Å²) in [6, 6.07) is 1.91. The SMILES string of the molecule is CC(=O)N1C[C@@H](N)CC[C@@H](C(=O)N2CCC(Cn3cccn3)CC2)C1. The van der Waals surface area contributed by atoms with Gasteiger partial charge in [0.25, 0.3) is 0 Å². The first kappa shape index (κ1) is 17.9. The lowest BCUT2D eigenvalue weighted by Gasteiger charge is -2.35. The van der Waals surface area contributed by atoms with Crippen LogP contribution in [-0.4, -0.2) is 63.6 Å². The normalized spacial score (nSPS) is 25.7. The average Bonchev–Trinajstić information content (AvgIpc) is 3.02. The van der Waals surface area contributed by atoms with Crippen LogP contribution >= 0.6 is 0 Å². The van der Waals surface area contributed by atoms with Crippen LogP contribution in [-0.2, 0) is 16.1 Å². The predicted octanol–water partition coefficient (Wildman–Crippen LogP) is 0.708. The molecule has 0 saturated carbocycles. The van der Waals surface area contributed by atoms with Crippen molar-refractivity contribution in [1.29, 1.82) is 0 Å². The van der Waals surface area contributed by atoms with Gasteiger partial charge in [0.15, 0.2) is 0 Å². The van der Waals surface area contributed by atoms with E-state index in [4.69, 9.17) is 5.73 Å². The molecule has 2 saturated heterocycles. The van der Waals surface area contributed by atoms with E-state index in [1.165, 1.54) is 0 Å². The number of piperidine rings is 1. The quantitative estimate of drug-likeness (QED) is 0.873. The molecule has 0 aliphatic carbocycles. The molecule has 2 aliphatic heterocycles. The van der Waals surface area contributed by atoms with Crippen LogP contribution in [0.3, 0.4) is 0 Å². The second-order valence-corrected chi connectivity index (χ2v) is 7.46. The minimum absolute atomic E-state index is 0.00748. The van der Waals surface area contributed by atoms with E-state index < -0.39 is 0 Å². The monoisotopic (exact) mass is 347 g/mol. The van der Waals surface area contributed by atoms with Crippen molar-refractivity contribution >= 4 is 11.8 Å². The Labute approximate surface area is 149 Å². The Hall–Kier alpha value is -1.89. The number of carbonyl (C=O) groups is 2. The summed E-state index contributed by atoms with van der Waals surface area (Å²) < 4.78 is 1.97. The number of amides is 2. The minimum Gasteiger partial charge on any atom is -0.342 e. The molecule has 3 rings (SSSR count). The zero-order valence-corrected chi connectivity index (χ0v) is 15.0. The minimum atomic E-state index is -0.111. The lowest BCUT2D eigenvalue weighted by Crippen LogP contribution is -2.46. The molecule has 1 aromatic rings. The van der Waals surface area contributed by atoms with Crippen molar-refractivity contribution in [3.63, 3.8) is 0 Å². The van der Waals surface area contributed by atoms with Crippen molar-refractivity contribution in [3.8, 4) is 0 Å². The van der Waals surface area contributed by atoms with Gasteiger partial charge in [0.05, 0.1) is 5.92 Å². The van der Waals surface area contributed by atoms with Crippen molar-refractivity contribution in [1.82, 2.24) is 19.6 Å². The highest BCUT2D eigenvalue weighted by molar-refractivity contribution is 5.80. The molecule has 0 spiro atoms. The van der Waals surface area contributed by atoms with E-state index in [2.05, 4.69) is 5.10 Å². The number of nitrogens with two attached hydrogens (primary N) is 1. The van der Waals surface area contributed by atoms with Crippen molar-refractivity contribution in [2.24, 2.45) is 17.6 Å². The van der Waals surface area contributed by atoms with E-state index in [1.54, 1.807) is 18.0 Å². The molecule has 0 aromatic carbocycles. The molecular weight excluding hydrogens is 318 g/mol. The third kappa shape index (κ3) is 4.60. The molecule has 7 heteroatoms. The number of likely N-dealkylation sites (tertiary alicyclic amines) is 2. The highest BCUT2D eigenvalue weighted by Crippen LogP contribution is 2.24. The summed E-state index contributed by atoms with van der Waals surface area (Å²) in [5.41, 5.74) is 6.06. The maximum atomic E-state index is 12.9. The Bertz CT molecular complexity index is 580. The number of nitrogens with zero attached hydrogens (tertiary/aromatic N) is 4. The number of rotatable bonds is 3. The molecule has 138 valence electrons. The van der Waals surface area contributed by atoms with Gasteiger partial charge in [-0.2, -0.15) is 5.10 Å².